The SMILES string of the molecule is COc1ccc2c(c1)C=C(C(=O)NC1CCCCC1CN)CO2.Cl. The summed E-state index contributed by atoms with van der Waals surface area (Å²) in [6.07, 6.45) is 6.34. The molecule has 3 N–H and O–H groups in total. The first-order valence-corrected chi connectivity index (χ1v) is 8.23. The summed E-state index contributed by atoms with van der Waals surface area (Å²) in [6, 6.07) is 5.77. The van der Waals surface area contributed by atoms with Crippen LogP contribution in [0.4, 0.5) is 0 Å². The largest absolute Gasteiger partial charge is 0.497 e. The van der Waals surface area contributed by atoms with Crippen molar-refractivity contribution in [3.8, 4) is 11.5 Å². The molecule has 0 saturated heterocycles. The molecule has 2 aliphatic rings. The van der Waals surface area contributed by atoms with Gasteiger partial charge in [0.2, 0.25) is 0 Å². The average Bonchev–Trinajstić information content (AvgIpc) is 2.61. The van der Waals surface area contributed by atoms with Crippen molar-refractivity contribution in [1.29, 1.82) is 0 Å². The molecule has 1 aliphatic carbocycles. The molecular formula is C18H25ClN2O3. The molecule has 0 bridgehead atoms. The molecule has 1 fully saturated rings. The molecule has 6 heteroatoms. The van der Waals surface area contributed by atoms with Crippen LogP contribution < -0.4 is 20.5 Å². The van der Waals surface area contributed by atoms with Crippen LogP contribution >= 0.6 is 12.4 Å². The Bertz CT molecular complexity index is 618. The van der Waals surface area contributed by atoms with E-state index >= 15 is 0 Å². The maximum Gasteiger partial charge on any atom is 0.250 e. The lowest BCUT2D eigenvalue weighted by molar-refractivity contribution is -0.119. The molecule has 1 aliphatic heterocycles. The quantitative estimate of drug-likeness (QED) is 0.873. The number of nitrogens with two attached hydrogens (primary N) is 1. The summed E-state index contributed by atoms with van der Waals surface area (Å²) in [7, 11) is 1.62. The first-order valence-electron chi connectivity index (χ1n) is 8.23. The van der Waals surface area contributed by atoms with Crippen LogP contribution in [-0.2, 0) is 4.79 Å². The molecule has 2 atom stereocenters. The topological polar surface area (TPSA) is 73.6 Å². The maximum atomic E-state index is 12.6. The summed E-state index contributed by atoms with van der Waals surface area (Å²) in [6.45, 7) is 0.922. The minimum absolute atomic E-state index is 0. The zero-order chi connectivity index (χ0) is 16.2. The lowest BCUT2D eigenvalue weighted by Crippen LogP contribution is -2.45. The number of ether oxygens (including phenoxy) is 2. The van der Waals surface area contributed by atoms with Crippen LogP contribution in [0.1, 0.15) is 31.2 Å². The predicted molar refractivity (Wildman–Crippen MR) is 96.7 cm³/mol. The van der Waals surface area contributed by atoms with Gasteiger partial charge in [0, 0.05) is 11.6 Å². The molecule has 1 heterocycles. The molecule has 1 saturated carbocycles. The molecule has 0 radical (unpaired) electrons. The van der Waals surface area contributed by atoms with Crippen LogP contribution in [0.15, 0.2) is 23.8 Å². The van der Waals surface area contributed by atoms with Gasteiger partial charge in [-0.2, -0.15) is 0 Å². The van der Waals surface area contributed by atoms with Crippen LogP contribution in [0, 0.1) is 5.92 Å². The van der Waals surface area contributed by atoms with Crippen LogP contribution in [0.3, 0.4) is 0 Å². The van der Waals surface area contributed by atoms with Gasteiger partial charge < -0.3 is 20.5 Å². The highest BCUT2D eigenvalue weighted by atomic mass is 35.5. The normalized spacial score (nSPS) is 22.3. The van der Waals surface area contributed by atoms with Gasteiger partial charge in [-0.25, -0.2) is 0 Å². The molecule has 24 heavy (non-hydrogen) atoms. The molecule has 0 aromatic heterocycles. The van der Waals surface area contributed by atoms with E-state index in [0.717, 1.165) is 36.3 Å². The third-order valence-electron chi connectivity index (χ3n) is 4.75. The van der Waals surface area contributed by atoms with E-state index < -0.39 is 0 Å². The second-order valence-corrected chi connectivity index (χ2v) is 6.22. The summed E-state index contributed by atoms with van der Waals surface area (Å²) < 4.78 is 10.9. The van der Waals surface area contributed by atoms with E-state index in [4.69, 9.17) is 15.2 Å². The fraction of sp³-hybridized carbons (Fsp3) is 0.500. The molecule has 0 spiro atoms. The number of benzene rings is 1. The number of hydrogen-bond acceptors (Lipinski definition) is 4. The van der Waals surface area contributed by atoms with E-state index in [1.807, 2.05) is 24.3 Å². The Morgan fingerprint density at radius 2 is 2.17 bits per heavy atom. The Kier molecular flexibility index (Phi) is 6.52. The summed E-state index contributed by atoms with van der Waals surface area (Å²) in [5, 5.41) is 3.15. The molecule has 2 unspecified atom stereocenters. The smallest absolute Gasteiger partial charge is 0.250 e. The van der Waals surface area contributed by atoms with Crippen molar-refractivity contribution in [2.75, 3.05) is 20.3 Å². The minimum Gasteiger partial charge on any atom is -0.497 e. The highest BCUT2D eigenvalue weighted by molar-refractivity contribution is 5.99. The third kappa shape index (κ3) is 4.02. The van der Waals surface area contributed by atoms with E-state index in [1.54, 1.807) is 7.11 Å². The minimum atomic E-state index is -0.0520. The maximum absolute atomic E-state index is 12.6. The first-order chi connectivity index (χ1) is 11.2. The van der Waals surface area contributed by atoms with Crippen molar-refractivity contribution < 1.29 is 14.3 Å². The molecular weight excluding hydrogens is 328 g/mol. The summed E-state index contributed by atoms with van der Waals surface area (Å²) in [4.78, 5) is 12.6. The van der Waals surface area contributed by atoms with Gasteiger partial charge >= 0.3 is 0 Å². The lowest BCUT2D eigenvalue weighted by atomic mass is 9.84. The summed E-state index contributed by atoms with van der Waals surface area (Å²) in [5.41, 5.74) is 7.36. The van der Waals surface area contributed by atoms with Crippen molar-refractivity contribution in [1.82, 2.24) is 5.32 Å². The zero-order valence-corrected chi connectivity index (χ0v) is 14.7. The fourth-order valence-corrected chi connectivity index (χ4v) is 3.35. The van der Waals surface area contributed by atoms with E-state index in [0.29, 0.717) is 24.6 Å². The number of methoxy groups -OCH3 is 1. The number of halogens is 1. The van der Waals surface area contributed by atoms with Crippen LogP contribution in [0.25, 0.3) is 6.08 Å². The Balaban J connectivity index is 0.00000208. The predicted octanol–water partition coefficient (Wildman–Crippen LogP) is 2.53. The van der Waals surface area contributed by atoms with Gasteiger partial charge in [0.15, 0.2) is 0 Å². The number of fused-ring (bicyclic) bond motifs is 1. The molecule has 1 aromatic carbocycles. The van der Waals surface area contributed by atoms with E-state index in [1.165, 1.54) is 6.42 Å². The van der Waals surface area contributed by atoms with Gasteiger partial charge in [0.25, 0.3) is 5.91 Å². The van der Waals surface area contributed by atoms with Gasteiger partial charge in [0.1, 0.15) is 18.1 Å². The fourth-order valence-electron chi connectivity index (χ4n) is 3.35. The van der Waals surface area contributed by atoms with Crippen molar-refractivity contribution >= 4 is 24.4 Å². The lowest BCUT2D eigenvalue weighted by Gasteiger charge is -2.31. The van der Waals surface area contributed by atoms with Gasteiger partial charge in [-0.05, 0) is 49.6 Å². The molecule has 1 amide bonds. The van der Waals surface area contributed by atoms with Crippen LogP contribution in [0.2, 0.25) is 0 Å². The number of amides is 1. The number of hydrogen-bond donors (Lipinski definition) is 2. The number of carbonyl (C=O) groups excluding carboxylic acids is 1. The number of nitrogens with one attached hydrogen (secondary N) is 1. The summed E-state index contributed by atoms with van der Waals surface area (Å²) in [5.74, 6) is 1.86. The average molecular weight is 353 g/mol. The monoisotopic (exact) mass is 352 g/mol. The molecule has 132 valence electrons. The highest BCUT2D eigenvalue weighted by Gasteiger charge is 2.27. The molecule has 3 rings (SSSR count). The molecule has 5 nitrogen and oxygen atoms in total. The van der Waals surface area contributed by atoms with Gasteiger partial charge in [-0.1, -0.05) is 12.8 Å². The second kappa shape index (κ2) is 8.40. The Morgan fingerprint density at radius 3 is 2.92 bits per heavy atom. The Labute approximate surface area is 149 Å². The Morgan fingerprint density at radius 1 is 1.38 bits per heavy atom. The first kappa shape index (κ1) is 18.6. The van der Waals surface area contributed by atoms with Gasteiger partial charge in [-0.3, -0.25) is 4.79 Å². The summed E-state index contributed by atoms with van der Waals surface area (Å²) >= 11 is 0. The van der Waals surface area contributed by atoms with Gasteiger partial charge in [0.05, 0.1) is 12.7 Å². The van der Waals surface area contributed by atoms with Crippen LogP contribution in [-0.4, -0.2) is 32.2 Å². The third-order valence-corrected chi connectivity index (χ3v) is 4.75. The second-order valence-electron chi connectivity index (χ2n) is 6.22. The number of carbonyl (C=O) groups is 1. The molecule has 1 aromatic rings. The van der Waals surface area contributed by atoms with Crippen molar-refractivity contribution in [2.45, 2.75) is 31.7 Å². The standard InChI is InChI=1S/C18H24N2O3.ClH/c1-22-15-6-7-17-13(9-15)8-14(11-23-17)18(21)20-16-5-3-2-4-12(16)10-19;/h6-9,12,16H,2-5,10-11,19H2,1H3,(H,20,21);1H. The van der Waals surface area contributed by atoms with Crippen molar-refractivity contribution in [3.63, 3.8) is 0 Å². The van der Waals surface area contributed by atoms with Gasteiger partial charge in [-0.15, -0.1) is 12.4 Å². The zero-order valence-electron chi connectivity index (χ0n) is 13.9. The highest BCUT2D eigenvalue weighted by Crippen LogP contribution is 2.30. The van der Waals surface area contributed by atoms with Crippen molar-refractivity contribution in [3.05, 3.63) is 29.3 Å². The van der Waals surface area contributed by atoms with E-state index in [9.17, 15) is 4.79 Å². The van der Waals surface area contributed by atoms with E-state index in [2.05, 4.69) is 5.32 Å². The van der Waals surface area contributed by atoms with Crippen LogP contribution in [0.5, 0.6) is 11.5 Å². The van der Waals surface area contributed by atoms with E-state index in [-0.39, 0.29) is 24.4 Å². The number of rotatable bonds is 4. The Hall–Kier alpha value is -1.72. The van der Waals surface area contributed by atoms with Crippen molar-refractivity contribution in [2.24, 2.45) is 11.7 Å².